The number of nitrogen functional groups attached to an aromatic ring is 1. The van der Waals surface area contributed by atoms with E-state index in [1.807, 2.05) is 36.4 Å². The Hall–Kier alpha value is -3.21. The maximum atomic E-state index is 11.6. The summed E-state index contributed by atoms with van der Waals surface area (Å²) in [6.45, 7) is 2.12. The van der Waals surface area contributed by atoms with Crippen LogP contribution < -0.4 is 5.73 Å². The first-order valence-electron chi connectivity index (χ1n) is 7.65. The predicted molar refractivity (Wildman–Crippen MR) is 94.9 cm³/mol. The van der Waals surface area contributed by atoms with Crippen molar-refractivity contribution in [2.24, 2.45) is 10.2 Å². The van der Waals surface area contributed by atoms with E-state index >= 15 is 0 Å². The number of benzene rings is 3. The van der Waals surface area contributed by atoms with Crippen molar-refractivity contribution in [3.05, 3.63) is 66.2 Å². The number of rotatable bonds is 4. The number of carbonyl (C=O) groups is 1. The van der Waals surface area contributed by atoms with Crippen LogP contribution in [0.15, 0.2) is 70.9 Å². The molecule has 3 aromatic carbocycles. The molecule has 0 aliphatic rings. The Morgan fingerprint density at radius 2 is 1.75 bits per heavy atom. The van der Waals surface area contributed by atoms with Crippen LogP contribution in [0, 0.1) is 0 Å². The molecular formula is C19H17N3O2. The number of anilines is 1. The van der Waals surface area contributed by atoms with Crippen molar-refractivity contribution in [1.29, 1.82) is 0 Å². The number of carbonyl (C=O) groups excluding carboxylic acids is 1. The van der Waals surface area contributed by atoms with Crippen LogP contribution in [0.4, 0.5) is 17.1 Å². The molecule has 0 saturated carbocycles. The van der Waals surface area contributed by atoms with Gasteiger partial charge in [-0.3, -0.25) is 0 Å². The Bertz CT molecular complexity index is 902. The van der Waals surface area contributed by atoms with E-state index in [0.29, 0.717) is 29.2 Å². The SMILES string of the molecule is CCOC(=O)c1ccc(N=Nc2ccc3ccccc3c2N)cc1. The van der Waals surface area contributed by atoms with Gasteiger partial charge in [0.2, 0.25) is 0 Å². The first kappa shape index (κ1) is 15.7. The average Bonchev–Trinajstić information content (AvgIpc) is 2.62. The summed E-state index contributed by atoms with van der Waals surface area (Å²) >= 11 is 0. The van der Waals surface area contributed by atoms with Crippen LogP contribution in [0.25, 0.3) is 10.8 Å². The molecule has 3 rings (SSSR count). The van der Waals surface area contributed by atoms with Crippen LogP contribution >= 0.6 is 0 Å². The van der Waals surface area contributed by atoms with Gasteiger partial charge < -0.3 is 10.5 Å². The zero-order chi connectivity index (χ0) is 16.9. The molecule has 0 spiro atoms. The van der Waals surface area contributed by atoms with Gasteiger partial charge in [0, 0.05) is 5.39 Å². The Morgan fingerprint density at radius 1 is 1.00 bits per heavy atom. The van der Waals surface area contributed by atoms with Crippen molar-refractivity contribution < 1.29 is 9.53 Å². The Kier molecular flexibility index (Phi) is 4.52. The zero-order valence-electron chi connectivity index (χ0n) is 13.3. The van der Waals surface area contributed by atoms with Gasteiger partial charge in [0.05, 0.1) is 23.5 Å². The third-order valence-corrected chi connectivity index (χ3v) is 3.60. The monoisotopic (exact) mass is 319 g/mol. The second-order valence-corrected chi connectivity index (χ2v) is 5.19. The van der Waals surface area contributed by atoms with Crippen molar-refractivity contribution in [2.75, 3.05) is 12.3 Å². The molecule has 3 aromatic rings. The van der Waals surface area contributed by atoms with Gasteiger partial charge in [-0.05, 0) is 42.6 Å². The molecule has 0 aromatic heterocycles. The fourth-order valence-electron chi connectivity index (χ4n) is 2.36. The summed E-state index contributed by atoms with van der Waals surface area (Å²) in [6.07, 6.45) is 0. The van der Waals surface area contributed by atoms with Crippen molar-refractivity contribution in [1.82, 2.24) is 0 Å². The number of esters is 1. The molecule has 5 heteroatoms. The Balaban J connectivity index is 1.83. The molecule has 24 heavy (non-hydrogen) atoms. The molecule has 0 unspecified atom stereocenters. The van der Waals surface area contributed by atoms with Crippen LogP contribution in [0.2, 0.25) is 0 Å². The van der Waals surface area contributed by atoms with Crippen LogP contribution in [0.1, 0.15) is 17.3 Å². The van der Waals surface area contributed by atoms with Gasteiger partial charge in [-0.15, -0.1) is 5.11 Å². The lowest BCUT2D eigenvalue weighted by Gasteiger charge is -2.04. The average molecular weight is 319 g/mol. The van der Waals surface area contributed by atoms with Gasteiger partial charge >= 0.3 is 5.97 Å². The van der Waals surface area contributed by atoms with E-state index in [0.717, 1.165) is 10.8 Å². The van der Waals surface area contributed by atoms with Gasteiger partial charge in [0.1, 0.15) is 5.69 Å². The number of nitrogens with two attached hydrogens (primary N) is 1. The molecule has 0 heterocycles. The summed E-state index contributed by atoms with van der Waals surface area (Å²) in [5, 5.41) is 10.4. The summed E-state index contributed by atoms with van der Waals surface area (Å²) in [4.78, 5) is 11.6. The van der Waals surface area contributed by atoms with Crippen molar-refractivity contribution in [3.63, 3.8) is 0 Å². The first-order valence-corrected chi connectivity index (χ1v) is 7.65. The van der Waals surface area contributed by atoms with Gasteiger partial charge in [-0.1, -0.05) is 30.3 Å². The van der Waals surface area contributed by atoms with E-state index in [9.17, 15) is 4.79 Å². The molecule has 0 fully saturated rings. The molecular weight excluding hydrogens is 302 g/mol. The molecule has 0 atom stereocenters. The first-order chi connectivity index (χ1) is 11.7. The van der Waals surface area contributed by atoms with Crippen LogP contribution in [0.3, 0.4) is 0 Å². The Labute approximate surface area is 139 Å². The van der Waals surface area contributed by atoms with E-state index in [-0.39, 0.29) is 5.97 Å². The van der Waals surface area contributed by atoms with Crippen LogP contribution in [-0.4, -0.2) is 12.6 Å². The van der Waals surface area contributed by atoms with Crippen LogP contribution in [0.5, 0.6) is 0 Å². The minimum Gasteiger partial charge on any atom is -0.462 e. The normalized spacial score (nSPS) is 11.0. The highest BCUT2D eigenvalue weighted by Crippen LogP contribution is 2.31. The van der Waals surface area contributed by atoms with E-state index < -0.39 is 0 Å². The molecule has 5 nitrogen and oxygen atoms in total. The maximum Gasteiger partial charge on any atom is 0.338 e. The summed E-state index contributed by atoms with van der Waals surface area (Å²) in [6, 6.07) is 18.4. The third-order valence-electron chi connectivity index (χ3n) is 3.60. The highest BCUT2D eigenvalue weighted by atomic mass is 16.5. The predicted octanol–water partition coefficient (Wildman–Crippen LogP) is 5.01. The fourth-order valence-corrected chi connectivity index (χ4v) is 2.36. The third kappa shape index (κ3) is 3.25. The van der Waals surface area contributed by atoms with E-state index in [4.69, 9.17) is 10.5 Å². The number of azo groups is 1. The molecule has 2 N–H and O–H groups in total. The highest BCUT2D eigenvalue weighted by molar-refractivity contribution is 5.98. The lowest BCUT2D eigenvalue weighted by atomic mass is 10.1. The minimum absolute atomic E-state index is 0.347. The molecule has 0 aliphatic carbocycles. The van der Waals surface area contributed by atoms with E-state index in [1.165, 1.54) is 0 Å². The zero-order valence-corrected chi connectivity index (χ0v) is 13.3. The second-order valence-electron chi connectivity index (χ2n) is 5.19. The van der Waals surface area contributed by atoms with E-state index in [2.05, 4.69) is 10.2 Å². The molecule has 0 bridgehead atoms. The highest BCUT2D eigenvalue weighted by Gasteiger charge is 2.06. The quantitative estimate of drug-likeness (QED) is 0.417. The van der Waals surface area contributed by atoms with Gasteiger partial charge in [0.25, 0.3) is 0 Å². The van der Waals surface area contributed by atoms with Crippen molar-refractivity contribution in [2.45, 2.75) is 6.92 Å². The standard InChI is InChI=1S/C19H17N3O2/c1-2-24-19(23)14-7-10-15(11-8-14)21-22-17-12-9-13-5-3-4-6-16(13)18(17)20/h3-12H,2,20H2,1H3. The van der Waals surface area contributed by atoms with Crippen molar-refractivity contribution in [3.8, 4) is 0 Å². The molecule has 0 radical (unpaired) electrons. The number of hydrogen-bond donors (Lipinski definition) is 1. The molecule has 120 valence electrons. The van der Waals surface area contributed by atoms with E-state index in [1.54, 1.807) is 31.2 Å². The van der Waals surface area contributed by atoms with Gasteiger partial charge in [0.15, 0.2) is 0 Å². The maximum absolute atomic E-state index is 11.6. The van der Waals surface area contributed by atoms with Gasteiger partial charge in [-0.25, -0.2) is 4.79 Å². The largest absolute Gasteiger partial charge is 0.462 e. The summed E-state index contributed by atoms with van der Waals surface area (Å²) in [5.74, 6) is -0.347. The molecule has 0 amide bonds. The summed E-state index contributed by atoms with van der Waals surface area (Å²) in [5.41, 5.74) is 8.50. The molecule has 0 aliphatic heterocycles. The number of nitrogens with zero attached hydrogens (tertiary/aromatic N) is 2. The smallest absolute Gasteiger partial charge is 0.338 e. The fraction of sp³-hybridized carbons (Fsp3) is 0.105. The second kappa shape index (κ2) is 6.91. The molecule has 0 saturated heterocycles. The number of hydrogen-bond acceptors (Lipinski definition) is 5. The van der Waals surface area contributed by atoms with Crippen molar-refractivity contribution >= 4 is 33.8 Å². The number of fused-ring (bicyclic) bond motifs is 1. The van der Waals surface area contributed by atoms with Crippen LogP contribution in [-0.2, 0) is 4.74 Å². The Morgan fingerprint density at radius 3 is 2.50 bits per heavy atom. The number of ether oxygens (including phenoxy) is 1. The van der Waals surface area contributed by atoms with Gasteiger partial charge in [-0.2, -0.15) is 5.11 Å². The lowest BCUT2D eigenvalue weighted by molar-refractivity contribution is 0.0526. The topological polar surface area (TPSA) is 77.0 Å². The summed E-state index contributed by atoms with van der Waals surface area (Å²) in [7, 11) is 0. The summed E-state index contributed by atoms with van der Waals surface area (Å²) < 4.78 is 4.94. The minimum atomic E-state index is -0.347. The lowest BCUT2D eigenvalue weighted by Crippen LogP contribution is -2.03.